The third-order valence-electron chi connectivity index (χ3n) is 2.58. The number of hydrogen-bond acceptors (Lipinski definition) is 3. The Morgan fingerprint density at radius 3 is 2.33 bits per heavy atom. The third kappa shape index (κ3) is 1.80. The van der Waals surface area contributed by atoms with E-state index >= 15 is 0 Å². The maximum atomic E-state index is 11.4. The van der Waals surface area contributed by atoms with E-state index in [2.05, 4.69) is 0 Å². The minimum absolute atomic E-state index is 0.183. The van der Waals surface area contributed by atoms with Gasteiger partial charge in [-0.25, -0.2) is 8.42 Å². The molecule has 1 aliphatic rings. The van der Waals surface area contributed by atoms with Crippen LogP contribution < -0.4 is 5.73 Å². The molecule has 0 aromatic heterocycles. The van der Waals surface area contributed by atoms with Crippen molar-refractivity contribution < 1.29 is 8.42 Å². The normalized spacial score (nSPS) is 30.8. The number of hydrogen-bond donors (Lipinski definition) is 1. The van der Waals surface area contributed by atoms with Crippen LogP contribution in [0.15, 0.2) is 0 Å². The molecule has 0 saturated carbocycles. The summed E-state index contributed by atoms with van der Waals surface area (Å²) in [5.74, 6) is 0.584. The van der Waals surface area contributed by atoms with Crippen LogP contribution in [0, 0.1) is 5.92 Å². The van der Waals surface area contributed by atoms with Gasteiger partial charge in [0.1, 0.15) is 0 Å². The quantitative estimate of drug-likeness (QED) is 0.693. The molecule has 72 valence electrons. The molecule has 1 heterocycles. The van der Waals surface area contributed by atoms with Gasteiger partial charge >= 0.3 is 0 Å². The van der Waals surface area contributed by atoms with Gasteiger partial charge in [0.15, 0.2) is 9.84 Å². The van der Waals surface area contributed by atoms with Crippen LogP contribution in [0.3, 0.4) is 0 Å². The van der Waals surface area contributed by atoms with Crippen LogP contribution in [0.4, 0.5) is 0 Å². The Balaban J connectivity index is 2.76. The van der Waals surface area contributed by atoms with Gasteiger partial charge in [0.2, 0.25) is 0 Å². The predicted molar refractivity (Wildman–Crippen MR) is 49.6 cm³/mol. The van der Waals surface area contributed by atoms with Crippen molar-refractivity contribution in [3.63, 3.8) is 0 Å². The second kappa shape index (κ2) is 3.34. The van der Waals surface area contributed by atoms with Crippen LogP contribution in [-0.4, -0.2) is 25.5 Å². The first-order chi connectivity index (χ1) is 5.45. The van der Waals surface area contributed by atoms with E-state index in [0.717, 1.165) is 12.8 Å². The fourth-order valence-corrected chi connectivity index (χ4v) is 3.87. The van der Waals surface area contributed by atoms with Gasteiger partial charge in [0, 0.05) is 6.04 Å². The molecule has 12 heavy (non-hydrogen) atoms. The highest BCUT2D eigenvalue weighted by atomic mass is 32.2. The van der Waals surface area contributed by atoms with Crippen molar-refractivity contribution in [3.8, 4) is 0 Å². The zero-order chi connectivity index (χ0) is 9.35. The molecule has 0 amide bonds. The predicted octanol–water partition coefficient (Wildman–Crippen LogP) is 0.547. The Morgan fingerprint density at radius 2 is 2.00 bits per heavy atom. The minimum Gasteiger partial charge on any atom is -0.326 e. The van der Waals surface area contributed by atoms with Gasteiger partial charge in [-0.15, -0.1) is 0 Å². The summed E-state index contributed by atoms with van der Waals surface area (Å²) in [5, 5.41) is -0.280. The fourth-order valence-electron chi connectivity index (χ4n) is 1.68. The lowest BCUT2D eigenvalue weighted by atomic mass is 9.99. The molecule has 1 fully saturated rings. The van der Waals surface area contributed by atoms with Crippen molar-refractivity contribution >= 4 is 9.84 Å². The topological polar surface area (TPSA) is 60.2 Å². The van der Waals surface area contributed by atoms with Crippen molar-refractivity contribution in [2.45, 2.75) is 38.0 Å². The number of nitrogens with two attached hydrogens (primary N) is 1. The summed E-state index contributed by atoms with van der Waals surface area (Å²) in [6.45, 7) is 3.94. The molecule has 0 aliphatic carbocycles. The Morgan fingerprint density at radius 1 is 1.42 bits per heavy atom. The smallest absolute Gasteiger partial charge is 0.154 e. The molecule has 0 aromatic rings. The van der Waals surface area contributed by atoms with Crippen LogP contribution >= 0.6 is 0 Å². The van der Waals surface area contributed by atoms with E-state index in [1.54, 1.807) is 0 Å². The molecule has 1 rings (SSSR count). The van der Waals surface area contributed by atoms with E-state index in [9.17, 15) is 8.42 Å². The van der Waals surface area contributed by atoms with Crippen molar-refractivity contribution in [1.82, 2.24) is 0 Å². The van der Waals surface area contributed by atoms with Gasteiger partial charge < -0.3 is 5.73 Å². The third-order valence-corrected chi connectivity index (χ3v) is 4.91. The van der Waals surface area contributed by atoms with E-state index in [-0.39, 0.29) is 17.2 Å². The van der Waals surface area contributed by atoms with Gasteiger partial charge in [0.25, 0.3) is 0 Å². The molecule has 2 N–H and O–H groups in total. The van der Waals surface area contributed by atoms with E-state index < -0.39 is 9.84 Å². The molecule has 1 saturated heterocycles. The van der Waals surface area contributed by atoms with E-state index in [4.69, 9.17) is 5.73 Å². The average molecular weight is 191 g/mol. The van der Waals surface area contributed by atoms with Crippen LogP contribution in [0.2, 0.25) is 0 Å². The van der Waals surface area contributed by atoms with E-state index in [1.807, 2.05) is 13.8 Å². The van der Waals surface area contributed by atoms with Crippen LogP contribution in [0.1, 0.15) is 26.7 Å². The monoisotopic (exact) mass is 191 g/mol. The zero-order valence-electron chi connectivity index (χ0n) is 7.66. The first-order valence-electron chi connectivity index (χ1n) is 4.42. The highest BCUT2D eigenvalue weighted by Gasteiger charge is 2.36. The Hall–Kier alpha value is -0.0900. The SMILES string of the molecule is CC(C)C(N)C1CCCS1(=O)=O. The molecule has 2 atom stereocenters. The van der Waals surface area contributed by atoms with E-state index in [1.165, 1.54) is 0 Å². The van der Waals surface area contributed by atoms with E-state index in [0.29, 0.717) is 5.75 Å². The van der Waals surface area contributed by atoms with Gasteiger partial charge in [-0.3, -0.25) is 0 Å². The van der Waals surface area contributed by atoms with Crippen LogP contribution in [0.25, 0.3) is 0 Å². The highest BCUT2D eigenvalue weighted by Crippen LogP contribution is 2.24. The standard InChI is InChI=1S/C8H17NO2S/c1-6(2)8(9)7-4-3-5-12(7,10)11/h6-8H,3-5,9H2,1-2H3. The second-order valence-electron chi connectivity index (χ2n) is 3.87. The van der Waals surface area contributed by atoms with Gasteiger partial charge in [-0.05, 0) is 18.8 Å². The minimum atomic E-state index is -2.86. The van der Waals surface area contributed by atoms with Crippen molar-refractivity contribution in [2.75, 3.05) is 5.75 Å². The highest BCUT2D eigenvalue weighted by molar-refractivity contribution is 7.92. The first-order valence-corrected chi connectivity index (χ1v) is 6.14. The Kier molecular flexibility index (Phi) is 2.78. The van der Waals surface area contributed by atoms with Gasteiger partial charge in [0.05, 0.1) is 11.0 Å². The van der Waals surface area contributed by atoms with Gasteiger partial charge in [-0.1, -0.05) is 13.8 Å². The molecular weight excluding hydrogens is 174 g/mol. The molecule has 0 spiro atoms. The maximum absolute atomic E-state index is 11.4. The summed E-state index contributed by atoms with van der Waals surface area (Å²) in [6.07, 6.45) is 1.54. The summed E-state index contributed by atoms with van der Waals surface area (Å²) < 4.78 is 22.9. The van der Waals surface area contributed by atoms with Crippen LogP contribution in [-0.2, 0) is 9.84 Å². The molecule has 4 heteroatoms. The molecule has 2 unspecified atom stereocenters. The fraction of sp³-hybridized carbons (Fsp3) is 1.00. The summed E-state index contributed by atoms with van der Waals surface area (Å²) in [5.41, 5.74) is 5.82. The number of rotatable bonds is 2. The lowest BCUT2D eigenvalue weighted by Gasteiger charge is -2.21. The largest absolute Gasteiger partial charge is 0.326 e. The molecule has 1 aliphatic heterocycles. The summed E-state index contributed by atoms with van der Waals surface area (Å²) in [4.78, 5) is 0. The summed E-state index contributed by atoms with van der Waals surface area (Å²) in [6, 6.07) is -0.183. The average Bonchev–Trinajstić information content (AvgIpc) is 2.27. The molecule has 0 bridgehead atoms. The maximum Gasteiger partial charge on any atom is 0.154 e. The van der Waals surface area contributed by atoms with Crippen molar-refractivity contribution in [2.24, 2.45) is 11.7 Å². The summed E-state index contributed by atoms with van der Waals surface area (Å²) >= 11 is 0. The first kappa shape index (κ1) is 9.99. The molecule has 0 radical (unpaired) electrons. The zero-order valence-corrected chi connectivity index (χ0v) is 8.47. The Bertz CT molecular complexity index is 246. The lowest BCUT2D eigenvalue weighted by molar-refractivity contribution is 0.455. The Labute approximate surface area is 74.3 Å². The van der Waals surface area contributed by atoms with Crippen LogP contribution in [0.5, 0.6) is 0 Å². The molecular formula is C8H17NO2S. The second-order valence-corrected chi connectivity index (χ2v) is 6.21. The van der Waals surface area contributed by atoms with Crippen molar-refractivity contribution in [3.05, 3.63) is 0 Å². The number of sulfone groups is 1. The molecule has 3 nitrogen and oxygen atoms in total. The van der Waals surface area contributed by atoms with Gasteiger partial charge in [-0.2, -0.15) is 0 Å². The van der Waals surface area contributed by atoms with Crippen molar-refractivity contribution in [1.29, 1.82) is 0 Å². The molecule has 0 aromatic carbocycles. The lowest BCUT2D eigenvalue weighted by Crippen LogP contribution is -2.41. The summed E-state index contributed by atoms with van der Waals surface area (Å²) in [7, 11) is -2.86.